The summed E-state index contributed by atoms with van der Waals surface area (Å²) in [6, 6.07) is 1.82. The summed E-state index contributed by atoms with van der Waals surface area (Å²) in [7, 11) is 0. The molecule has 0 fully saturated rings. The highest BCUT2D eigenvalue weighted by Gasteiger charge is 1.99. The Labute approximate surface area is 66.3 Å². The van der Waals surface area contributed by atoms with E-state index in [4.69, 9.17) is 0 Å². The van der Waals surface area contributed by atoms with Crippen molar-refractivity contribution in [3.05, 3.63) is 30.1 Å². The second-order valence-corrected chi connectivity index (χ2v) is 2.19. The average molecular weight is 146 g/mol. The van der Waals surface area contributed by atoms with Crippen LogP contribution in [-0.4, -0.2) is 11.7 Å². The van der Waals surface area contributed by atoms with E-state index < -0.39 is 0 Å². The quantitative estimate of drug-likeness (QED) is 0.588. The minimum atomic E-state index is 0.840. The maximum absolute atomic E-state index is 4.10. The minimum absolute atomic E-state index is 0.840. The standard InChI is InChI=1S/C9H10N2/c1-4-8-7(2)11-6-5-9(8)10-3/h4-6H,1,3H2,2H3. The topological polar surface area (TPSA) is 25.2 Å². The zero-order valence-electron chi connectivity index (χ0n) is 6.54. The van der Waals surface area contributed by atoms with E-state index in [-0.39, 0.29) is 0 Å². The van der Waals surface area contributed by atoms with E-state index in [9.17, 15) is 0 Å². The number of hydrogen-bond donors (Lipinski definition) is 0. The van der Waals surface area contributed by atoms with E-state index in [2.05, 4.69) is 23.3 Å². The summed E-state index contributed by atoms with van der Waals surface area (Å²) in [4.78, 5) is 7.94. The van der Waals surface area contributed by atoms with Crippen LogP contribution in [0.2, 0.25) is 0 Å². The first-order chi connectivity index (χ1) is 5.29. The molecule has 1 heterocycles. The number of hydrogen-bond acceptors (Lipinski definition) is 2. The van der Waals surface area contributed by atoms with E-state index in [1.165, 1.54) is 0 Å². The van der Waals surface area contributed by atoms with Crippen molar-refractivity contribution in [2.45, 2.75) is 6.92 Å². The molecule has 0 aliphatic rings. The molecule has 1 aromatic heterocycles. The Morgan fingerprint density at radius 2 is 2.36 bits per heavy atom. The van der Waals surface area contributed by atoms with Gasteiger partial charge in [0.1, 0.15) is 0 Å². The van der Waals surface area contributed by atoms with Gasteiger partial charge in [0.05, 0.1) is 5.69 Å². The van der Waals surface area contributed by atoms with Crippen LogP contribution in [0, 0.1) is 6.92 Å². The molecule has 0 N–H and O–H groups in total. The molecule has 0 radical (unpaired) electrons. The number of rotatable bonds is 2. The van der Waals surface area contributed by atoms with Crippen LogP contribution in [0.25, 0.3) is 6.08 Å². The molecule has 0 unspecified atom stereocenters. The van der Waals surface area contributed by atoms with Crippen molar-refractivity contribution in [2.75, 3.05) is 0 Å². The van der Waals surface area contributed by atoms with Gasteiger partial charge in [-0.05, 0) is 19.7 Å². The lowest BCUT2D eigenvalue weighted by molar-refractivity contribution is 1.18. The lowest BCUT2D eigenvalue weighted by atomic mass is 10.2. The van der Waals surface area contributed by atoms with Gasteiger partial charge in [-0.3, -0.25) is 9.98 Å². The second-order valence-electron chi connectivity index (χ2n) is 2.19. The van der Waals surface area contributed by atoms with Gasteiger partial charge in [0.15, 0.2) is 0 Å². The summed E-state index contributed by atoms with van der Waals surface area (Å²) in [5, 5.41) is 0. The first-order valence-corrected chi connectivity index (χ1v) is 3.34. The van der Waals surface area contributed by atoms with E-state index in [0.717, 1.165) is 16.9 Å². The van der Waals surface area contributed by atoms with Crippen molar-refractivity contribution < 1.29 is 0 Å². The molecule has 0 saturated carbocycles. The van der Waals surface area contributed by atoms with Crippen molar-refractivity contribution in [3.63, 3.8) is 0 Å². The predicted molar refractivity (Wildman–Crippen MR) is 48.3 cm³/mol. The summed E-state index contributed by atoms with van der Waals surface area (Å²) in [5.41, 5.74) is 2.74. The average Bonchev–Trinajstić information content (AvgIpc) is 2.04. The zero-order valence-corrected chi connectivity index (χ0v) is 6.54. The molecule has 0 aliphatic carbocycles. The maximum Gasteiger partial charge on any atom is 0.0728 e. The van der Waals surface area contributed by atoms with Crippen molar-refractivity contribution in [1.29, 1.82) is 0 Å². The van der Waals surface area contributed by atoms with Crippen LogP contribution in [0.4, 0.5) is 5.69 Å². The van der Waals surface area contributed by atoms with E-state index in [1.54, 1.807) is 12.3 Å². The lowest BCUT2D eigenvalue weighted by Gasteiger charge is -2.01. The van der Waals surface area contributed by atoms with Gasteiger partial charge in [0.25, 0.3) is 0 Å². The van der Waals surface area contributed by atoms with Crippen LogP contribution in [0.3, 0.4) is 0 Å². The molecule has 0 aliphatic heterocycles. The van der Waals surface area contributed by atoms with Gasteiger partial charge in [0, 0.05) is 17.5 Å². The number of aromatic nitrogens is 1. The number of aryl methyl sites for hydroxylation is 1. The van der Waals surface area contributed by atoms with E-state index >= 15 is 0 Å². The molecule has 2 heteroatoms. The Balaban J connectivity index is 3.35. The van der Waals surface area contributed by atoms with Crippen LogP contribution < -0.4 is 0 Å². The minimum Gasteiger partial charge on any atom is -0.264 e. The van der Waals surface area contributed by atoms with Crippen molar-refractivity contribution in [3.8, 4) is 0 Å². The maximum atomic E-state index is 4.10. The molecule has 0 aromatic carbocycles. The summed E-state index contributed by atoms with van der Waals surface area (Å²) >= 11 is 0. The molecular weight excluding hydrogens is 136 g/mol. The Hall–Kier alpha value is -1.44. The third kappa shape index (κ3) is 1.34. The molecule has 2 nitrogen and oxygen atoms in total. The summed E-state index contributed by atoms with van der Waals surface area (Å²) in [6.45, 7) is 9.05. The Morgan fingerprint density at radius 1 is 1.64 bits per heavy atom. The normalized spacial score (nSPS) is 9.18. The monoisotopic (exact) mass is 146 g/mol. The van der Waals surface area contributed by atoms with Gasteiger partial charge in [0.2, 0.25) is 0 Å². The fraction of sp³-hybridized carbons (Fsp3) is 0.111. The fourth-order valence-corrected chi connectivity index (χ4v) is 0.954. The summed E-state index contributed by atoms with van der Waals surface area (Å²) < 4.78 is 0. The largest absolute Gasteiger partial charge is 0.264 e. The van der Waals surface area contributed by atoms with Gasteiger partial charge in [-0.15, -0.1) is 0 Å². The molecule has 1 aromatic rings. The number of pyridine rings is 1. The molecule has 0 amide bonds. The first kappa shape index (κ1) is 7.66. The predicted octanol–water partition coefficient (Wildman–Crippen LogP) is 2.37. The highest BCUT2D eigenvalue weighted by atomic mass is 14.7. The molecule has 1 rings (SSSR count). The van der Waals surface area contributed by atoms with Gasteiger partial charge in [-0.1, -0.05) is 12.7 Å². The van der Waals surface area contributed by atoms with Crippen LogP contribution in [-0.2, 0) is 0 Å². The molecule has 0 bridgehead atoms. The van der Waals surface area contributed by atoms with Crippen LogP contribution in [0.5, 0.6) is 0 Å². The number of aliphatic imine (C=N–C) groups is 1. The van der Waals surface area contributed by atoms with E-state index in [1.807, 2.05) is 13.0 Å². The third-order valence-electron chi connectivity index (χ3n) is 1.54. The second kappa shape index (κ2) is 3.10. The fourth-order valence-electron chi connectivity index (χ4n) is 0.954. The molecule has 11 heavy (non-hydrogen) atoms. The zero-order chi connectivity index (χ0) is 8.27. The van der Waals surface area contributed by atoms with E-state index in [0.29, 0.717) is 0 Å². The highest BCUT2D eigenvalue weighted by Crippen LogP contribution is 2.20. The molecule has 0 saturated heterocycles. The Kier molecular flexibility index (Phi) is 2.16. The van der Waals surface area contributed by atoms with Gasteiger partial charge >= 0.3 is 0 Å². The molecule has 56 valence electrons. The van der Waals surface area contributed by atoms with Crippen LogP contribution in [0.1, 0.15) is 11.3 Å². The van der Waals surface area contributed by atoms with Crippen molar-refractivity contribution in [2.24, 2.45) is 4.99 Å². The Bertz CT molecular complexity index is 290. The lowest BCUT2D eigenvalue weighted by Crippen LogP contribution is -1.84. The molecule has 0 atom stereocenters. The SMILES string of the molecule is C=Cc1c(N=C)ccnc1C. The molecule has 0 spiro atoms. The Morgan fingerprint density at radius 3 is 2.82 bits per heavy atom. The van der Waals surface area contributed by atoms with Gasteiger partial charge in [-0.25, -0.2) is 0 Å². The summed E-state index contributed by atoms with van der Waals surface area (Å²) in [6.07, 6.45) is 3.46. The van der Waals surface area contributed by atoms with Crippen molar-refractivity contribution in [1.82, 2.24) is 4.98 Å². The van der Waals surface area contributed by atoms with Crippen molar-refractivity contribution >= 4 is 18.5 Å². The van der Waals surface area contributed by atoms with Crippen LogP contribution in [0.15, 0.2) is 23.8 Å². The third-order valence-corrected chi connectivity index (χ3v) is 1.54. The summed E-state index contributed by atoms with van der Waals surface area (Å²) in [5.74, 6) is 0. The smallest absolute Gasteiger partial charge is 0.0728 e. The highest BCUT2D eigenvalue weighted by molar-refractivity contribution is 5.65. The number of nitrogens with zero attached hydrogens (tertiary/aromatic N) is 2. The molecular formula is C9H10N2. The van der Waals surface area contributed by atoms with Gasteiger partial charge in [-0.2, -0.15) is 0 Å². The van der Waals surface area contributed by atoms with Crippen LogP contribution >= 0.6 is 0 Å². The first-order valence-electron chi connectivity index (χ1n) is 3.34. The van der Waals surface area contributed by atoms with Gasteiger partial charge < -0.3 is 0 Å².